The summed E-state index contributed by atoms with van der Waals surface area (Å²) in [6.07, 6.45) is 44.9. The maximum atomic E-state index is 12.9. The minimum atomic E-state index is -0.618. The van der Waals surface area contributed by atoms with Gasteiger partial charge in [-0.25, -0.2) is 0 Å². The molecule has 0 heterocycles. The molecule has 1 atom stereocenters. The standard InChI is InChI=1S/C41H77N5O2/c1-3-5-7-9-11-13-15-17-19-21-23-25-27-29-31-33-36-44-40(48)38(35-37-45-41(42)43)46-39(47)34-32-30-28-26-24-22-20-18-16-14-12-10-8-6-4-2/h12,14,17-20,38H,3-11,13,15-16,21-37H2,1-2H3,(H,44,48)(H,46,47)(H4,42,43,45). The third kappa shape index (κ3) is 34.8. The van der Waals surface area contributed by atoms with Crippen LogP contribution in [-0.2, 0) is 9.59 Å². The van der Waals surface area contributed by atoms with Crippen molar-refractivity contribution < 1.29 is 9.59 Å². The molecule has 0 aromatic heterocycles. The Morgan fingerprint density at radius 3 is 1.56 bits per heavy atom. The van der Waals surface area contributed by atoms with Crippen LogP contribution in [0.2, 0.25) is 0 Å². The highest BCUT2D eigenvalue weighted by molar-refractivity contribution is 5.87. The van der Waals surface area contributed by atoms with Gasteiger partial charge in [-0.05, 0) is 77.0 Å². The molecule has 0 fully saturated rings. The molecule has 278 valence electrons. The van der Waals surface area contributed by atoms with E-state index in [4.69, 9.17) is 11.5 Å². The quantitative estimate of drug-likeness (QED) is 0.0232. The Bertz CT molecular complexity index is 848. The number of hydrogen-bond donors (Lipinski definition) is 4. The molecule has 48 heavy (non-hydrogen) atoms. The number of carbonyl (C=O) groups is 2. The van der Waals surface area contributed by atoms with E-state index >= 15 is 0 Å². The molecular formula is C41H77N5O2. The summed E-state index contributed by atoms with van der Waals surface area (Å²) in [5, 5.41) is 5.94. The van der Waals surface area contributed by atoms with Crippen LogP contribution < -0.4 is 22.1 Å². The first-order valence-corrected chi connectivity index (χ1v) is 20.1. The topological polar surface area (TPSA) is 123 Å². The van der Waals surface area contributed by atoms with Gasteiger partial charge in [-0.3, -0.25) is 14.6 Å². The molecule has 0 rings (SSSR count). The van der Waals surface area contributed by atoms with Gasteiger partial charge in [0, 0.05) is 19.5 Å². The molecule has 0 saturated carbocycles. The lowest BCUT2D eigenvalue weighted by atomic mass is 10.1. The Balaban J connectivity index is 3.99. The van der Waals surface area contributed by atoms with Gasteiger partial charge < -0.3 is 22.1 Å². The van der Waals surface area contributed by atoms with Crippen molar-refractivity contribution >= 4 is 17.8 Å². The minimum absolute atomic E-state index is 0.00481. The van der Waals surface area contributed by atoms with E-state index in [1.54, 1.807) is 0 Å². The Kier molecular flexibility index (Phi) is 35.3. The second-order valence-corrected chi connectivity index (χ2v) is 13.4. The average molecular weight is 672 g/mol. The SMILES string of the molecule is CCCCCC=CCC=CCCCCCCCC(=O)NC(CCN=C(N)N)C(=O)NCCCCCCCCC=CCCCCCCCC. The molecule has 1 unspecified atom stereocenters. The largest absolute Gasteiger partial charge is 0.370 e. The van der Waals surface area contributed by atoms with Crippen LogP contribution in [0.1, 0.15) is 187 Å². The molecule has 7 nitrogen and oxygen atoms in total. The van der Waals surface area contributed by atoms with E-state index in [1.165, 1.54) is 116 Å². The molecule has 0 radical (unpaired) electrons. The minimum Gasteiger partial charge on any atom is -0.370 e. The first kappa shape index (κ1) is 45.4. The van der Waals surface area contributed by atoms with Gasteiger partial charge in [-0.1, -0.05) is 140 Å². The molecule has 0 aliphatic carbocycles. The van der Waals surface area contributed by atoms with Crippen LogP contribution in [0.25, 0.3) is 0 Å². The summed E-state index contributed by atoms with van der Waals surface area (Å²) in [7, 11) is 0. The highest BCUT2D eigenvalue weighted by atomic mass is 16.2. The number of unbranched alkanes of at least 4 members (excludes halogenated alkanes) is 20. The van der Waals surface area contributed by atoms with E-state index in [0.29, 0.717) is 25.9 Å². The third-order valence-corrected chi connectivity index (χ3v) is 8.71. The number of guanidine groups is 1. The van der Waals surface area contributed by atoms with Crippen molar-refractivity contribution in [3.05, 3.63) is 36.5 Å². The predicted octanol–water partition coefficient (Wildman–Crippen LogP) is 10.1. The fourth-order valence-electron chi connectivity index (χ4n) is 5.66. The molecule has 0 aliphatic rings. The van der Waals surface area contributed by atoms with Gasteiger partial charge in [0.1, 0.15) is 6.04 Å². The van der Waals surface area contributed by atoms with Gasteiger partial charge >= 0.3 is 0 Å². The first-order chi connectivity index (χ1) is 23.5. The van der Waals surface area contributed by atoms with Gasteiger partial charge in [-0.15, -0.1) is 0 Å². The van der Waals surface area contributed by atoms with E-state index in [2.05, 4.69) is 65.9 Å². The summed E-state index contributed by atoms with van der Waals surface area (Å²) in [5.41, 5.74) is 10.9. The van der Waals surface area contributed by atoms with Crippen LogP contribution in [0.3, 0.4) is 0 Å². The van der Waals surface area contributed by atoms with Crippen LogP contribution in [-0.4, -0.2) is 36.9 Å². The molecule has 0 aromatic carbocycles. The molecule has 7 heteroatoms. The van der Waals surface area contributed by atoms with Crippen molar-refractivity contribution in [3.8, 4) is 0 Å². The Hall–Kier alpha value is -2.57. The number of rotatable bonds is 35. The number of aliphatic imine (C=N–C) groups is 1. The van der Waals surface area contributed by atoms with Crippen molar-refractivity contribution in [2.45, 2.75) is 193 Å². The molecule has 0 aliphatic heterocycles. The lowest BCUT2D eigenvalue weighted by Gasteiger charge is -2.18. The van der Waals surface area contributed by atoms with Crippen LogP contribution in [0.15, 0.2) is 41.4 Å². The zero-order valence-electron chi connectivity index (χ0n) is 31.5. The summed E-state index contributed by atoms with van der Waals surface area (Å²) in [6.45, 7) is 5.43. The molecule has 0 aromatic rings. The maximum Gasteiger partial charge on any atom is 0.242 e. The monoisotopic (exact) mass is 672 g/mol. The number of allylic oxidation sites excluding steroid dienone is 6. The van der Waals surface area contributed by atoms with Crippen molar-refractivity contribution in [2.24, 2.45) is 16.5 Å². The molecule has 0 spiro atoms. The second-order valence-electron chi connectivity index (χ2n) is 13.4. The van der Waals surface area contributed by atoms with Crippen LogP contribution in [0, 0.1) is 0 Å². The number of nitrogens with one attached hydrogen (secondary N) is 2. The Labute approximate surface area is 296 Å². The van der Waals surface area contributed by atoms with Crippen LogP contribution >= 0.6 is 0 Å². The Morgan fingerprint density at radius 1 is 0.583 bits per heavy atom. The summed E-state index contributed by atoms with van der Waals surface area (Å²) < 4.78 is 0. The molecule has 0 saturated heterocycles. The summed E-state index contributed by atoms with van der Waals surface area (Å²) in [5.74, 6) is -0.237. The van der Waals surface area contributed by atoms with Crippen molar-refractivity contribution in [1.29, 1.82) is 0 Å². The van der Waals surface area contributed by atoms with Gasteiger partial charge in [0.2, 0.25) is 11.8 Å². The number of hydrogen-bond acceptors (Lipinski definition) is 3. The van der Waals surface area contributed by atoms with Gasteiger partial charge in [-0.2, -0.15) is 0 Å². The molecule has 2 amide bonds. The number of carbonyl (C=O) groups excluding carboxylic acids is 2. The first-order valence-electron chi connectivity index (χ1n) is 20.1. The van der Waals surface area contributed by atoms with E-state index < -0.39 is 6.04 Å². The lowest BCUT2D eigenvalue weighted by molar-refractivity contribution is -0.129. The van der Waals surface area contributed by atoms with E-state index in [9.17, 15) is 9.59 Å². The fraction of sp³-hybridized carbons (Fsp3) is 0.780. The van der Waals surface area contributed by atoms with E-state index in [1.807, 2.05) is 0 Å². The number of amides is 2. The van der Waals surface area contributed by atoms with Gasteiger partial charge in [0.15, 0.2) is 5.96 Å². The highest BCUT2D eigenvalue weighted by Crippen LogP contribution is 2.11. The second kappa shape index (κ2) is 37.3. The number of nitrogens with two attached hydrogens (primary N) is 2. The summed E-state index contributed by atoms with van der Waals surface area (Å²) in [6, 6.07) is -0.618. The normalized spacial score (nSPS) is 12.3. The predicted molar refractivity (Wildman–Crippen MR) is 209 cm³/mol. The average Bonchev–Trinajstić information content (AvgIpc) is 3.07. The van der Waals surface area contributed by atoms with Crippen molar-refractivity contribution in [3.63, 3.8) is 0 Å². The molecule has 0 bridgehead atoms. The fourth-order valence-corrected chi connectivity index (χ4v) is 5.66. The zero-order chi connectivity index (χ0) is 35.2. The third-order valence-electron chi connectivity index (χ3n) is 8.71. The summed E-state index contributed by atoms with van der Waals surface area (Å²) in [4.78, 5) is 29.5. The maximum absolute atomic E-state index is 12.9. The highest BCUT2D eigenvalue weighted by Gasteiger charge is 2.20. The number of nitrogens with zero attached hydrogens (tertiary/aromatic N) is 1. The molecule has 6 N–H and O–H groups in total. The van der Waals surface area contributed by atoms with Crippen LogP contribution in [0.5, 0.6) is 0 Å². The van der Waals surface area contributed by atoms with Crippen molar-refractivity contribution in [2.75, 3.05) is 13.1 Å². The van der Waals surface area contributed by atoms with E-state index in [0.717, 1.165) is 44.9 Å². The summed E-state index contributed by atoms with van der Waals surface area (Å²) >= 11 is 0. The van der Waals surface area contributed by atoms with Crippen LogP contribution in [0.4, 0.5) is 0 Å². The van der Waals surface area contributed by atoms with E-state index in [-0.39, 0.29) is 17.8 Å². The Morgan fingerprint density at radius 2 is 1.02 bits per heavy atom. The van der Waals surface area contributed by atoms with Gasteiger partial charge in [0.25, 0.3) is 0 Å². The smallest absolute Gasteiger partial charge is 0.242 e. The molecular weight excluding hydrogens is 594 g/mol. The lowest BCUT2D eigenvalue weighted by Crippen LogP contribution is -2.47. The van der Waals surface area contributed by atoms with Crippen molar-refractivity contribution in [1.82, 2.24) is 10.6 Å². The zero-order valence-corrected chi connectivity index (χ0v) is 31.5. The van der Waals surface area contributed by atoms with Gasteiger partial charge in [0.05, 0.1) is 0 Å².